The Kier molecular flexibility index (Phi) is 6.03. The molecular formula is C11H21NO4. The summed E-state index contributed by atoms with van der Waals surface area (Å²) < 4.78 is 5.15. The maximum Gasteiger partial charge on any atom is 0.303 e. The van der Waals surface area contributed by atoms with Gasteiger partial charge in [0.25, 0.3) is 0 Å². The Morgan fingerprint density at radius 1 is 1.38 bits per heavy atom. The van der Waals surface area contributed by atoms with Crippen molar-refractivity contribution in [3.05, 3.63) is 0 Å². The van der Waals surface area contributed by atoms with E-state index in [0.717, 1.165) is 0 Å². The van der Waals surface area contributed by atoms with Crippen molar-refractivity contribution < 1.29 is 19.4 Å². The zero-order valence-electron chi connectivity index (χ0n) is 10.4. The number of rotatable bonds is 7. The molecule has 0 bridgehead atoms. The van der Waals surface area contributed by atoms with Gasteiger partial charge in [0.1, 0.15) is 0 Å². The number of amides is 1. The minimum Gasteiger partial charge on any atom is -0.481 e. The molecule has 0 rings (SSSR count). The van der Waals surface area contributed by atoms with Gasteiger partial charge >= 0.3 is 5.97 Å². The number of nitrogens with one attached hydrogen (secondary N) is 1. The first-order valence-corrected chi connectivity index (χ1v) is 5.30. The summed E-state index contributed by atoms with van der Waals surface area (Å²) in [5.74, 6) is -1.17. The van der Waals surface area contributed by atoms with Gasteiger partial charge in [-0.2, -0.15) is 0 Å². The second-order valence-electron chi connectivity index (χ2n) is 4.65. The number of hydrogen-bond donors (Lipinski definition) is 2. The molecule has 5 heteroatoms. The summed E-state index contributed by atoms with van der Waals surface area (Å²) in [7, 11) is 1.58. The van der Waals surface area contributed by atoms with Gasteiger partial charge in [-0.3, -0.25) is 9.59 Å². The van der Waals surface area contributed by atoms with Gasteiger partial charge in [0.2, 0.25) is 5.91 Å². The van der Waals surface area contributed by atoms with E-state index < -0.39 is 11.6 Å². The smallest absolute Gasteiger partial charge is 0.303 e. The SMILES string of the molecule is COC(C)(C)CNC(=O)CC(C)CC(=O)O. The second-order valence-corrected chi connectivity index (χ2v) is 4.65. The molecule has 0 radical (unpaired) electrons. The van der Waals surface area contributed by atoms with Crippen LogP contribution < -0.4 is 5.32 Å². The third-order valence-corrected chi connectivity index (χ3v) is 2.32. The van der Waals surface area contributed by atoms with E-state index in [-0.39, 0.29) is 24.7 Å². The minimum absolute atomic E-state index is 0.0150. The van der Waals surface area contributed by atoms with E-state index in [0.29, 0.717) is 6.54 Å². The predicted molar refractivity (Wildman–Crippen MR) is 60.1 cm³/mol. The number of methoxy groups -OCH3 is 1. The molecule has 0 spiro atoms. The maximum atomic E-state index is 11.4. The van der Waals surface area contributed by atoms with E-state index in [9.17, 15) is 9.59 Å². The Hall–Kier alpha value is -1.10. The summed E-state index contributed by atoms with van der Waals surface area (Å²) in [4.78, 5) is 21.8. The standard InChI is InChI=1S/C11H21NO4/c1-8(6-10(14)15)5-9(13)12-7-11(2,3)16-4/h8H,5-7H2,1-4H3,(H,12,13)(H,14,15). The maximum absolute atomic E-state index is 11.4. The molecule has 0 aliphatic carbocycles. The lowest BCUT2D eigenvalue weighted by Crippen LogP contribution is -2.40. The molecule has 16 heavy (non-hydrogen) atoms. The Balaban J connectivity index is 3.87. The minimum atomic E-state index is -0.877. The molecule has 5 nitrogen and oxygen atoms in total. The molecule has 1 atom stereocenters. The Labute approximate surface area is 96.2 Å². The van der Waals surface area contributed by atoms with Crippen LogP contribution in [0.2, 0.25) is 0 Å². The lowest BCUT2D eigenvalue weighted by atomic mass is 10.0. The molecule has 0 saturated heterocycles. The Morgan fingerprint density at radius 2 is 1.94 bits per heavy atom. The highest BCUT2D eigenvalue weighted by atomic mass is 16.5. The lowest BCUT2D eigenvalue weighted by Gasteiger charge is -2.23. The topological polar surface area (TPSA) is 75.6 Å². The van der Waals surface area contributed by atoms with Gasteiger partial charge in [0.05, 0.1) is 5.60 Å². The molecule has 2 N–H and O–H groups in total. The van der Waals surface area contributed by atoms with E-state index in [1.54, 1.807) is 14.0 Å². The van der Waals surface area contributed by atoms with Crippen molar-refractivity contribution in [2.75, 3.05) is 13.7 Å². The van der Waals surface area contributed by atoms with Gasteiger partial charge in [0, 0.05) is 26.5 Å². The average molecular weight is 231 g/mol. The van der Waals surface area contributed by atoms with E-state index in [2.05, 4.69) is 5.32 Å². The second kappa shape index (κ2) is 6.48. The predicted octanol–water partition coefficient (Wildman–Crippen LogP) is 1.03. The molecule has 0 heterocycles. The fraction of sp³-hybridized carbons (Fsp3) is 0.818. The quantitative estimate of drug-likeness (QED) is 0.686. The number of carboxylic acid groups (broad SMARTS) is 1. The molecule has 0 fully saturated rings. The zero-order valence-corrected chi connectivity index (χ0v) is 10.4. The van der Waals surface area contributed by atoms with Crippen LogP contribution in [0.1, 0.15) is 33.6 Å². The highest BCUT2D eigenvalue weighted by molar-refractivity contribution is 5.77. The molecule has 1 unspecified atom stereocenters. The van der Waals surface area contributed by atoms with E-state index >= 15 is 0 Å². The van der Waals surface area contributed by atoms with Crippen LogP contribution in [-0.4, -0.2) is 36.2 Å². The van der Waals surface area contributed by atoms with Gasteiger partial charge in [0.15, 0.2) is 0 Å². The van der Waals surface area contributed by atoms with Crippen LogP contribution in [-0.2, 0) is 14.3 Å². The number of hydrogen-bond acceptors (Lipinski definition) is 3. The van der Waals surface area contributed by atoms with Crippen LogP contribution in [0.5, 0.6) is 0 Å². The van der Waals surface area contributed by atoms with Crippen molar-refractivity contribution in [3.8, 4) is 0 Å². The fourth-order valence-corrected chi connectivity index (χ4v) is 1.14. The average Bonchev–Trinajstić information content (AvgIpc) is 2.13. The van der Waals surface area contributed by atoms with E-state index in [1.165, 1.54) is 0 Å². The highest BCUT2D eigenvalue weighted by Gasteiger charge is 2.18. The summed E-state index contributed by atoms with van der Waals surface area (Å²) in [6.45, 7) is 5.90. The number of carbonyl (C=O) groups excluding carboxylic acids is 1. The summed E-state index contributed by atoms with van der Waals surface area (Å²) in [5, 5.41) is 11.3. The van der Waals surface area contributed by atoms with Crippen molar-refractivity contribution >= 4 is 11.9 Å². The monoisotopic (exact) mass is 231 g/mol. The molecule has 0 aliphatic rings. The summed E-state index contributed by atoms with van der Waals surface area (Å²) in [5.41, 5.74) is -0.397. The van der Waals surface area contributed by atoms with Crippen molar-refractivity contribution in [1.29, 1.82) is 0 Å². The van der Waals surface area contributed by atoms with Gasteiger partial charge < -0.3 is 15.2 Å². The van der Waals surface area contributed by atoms with E-state index in [4.69, 9.17) is 9.84 Å². The van der Waals surface area contributed by atoms with Crippen molar-refractivity contribution in [2.45, 2.75) is 39.2 Å². The number of ether oxygens (including phenoxy) is 1. The highest BCUT2D eigenvalue weighted by Crippen LogP contribution is 2.08. The van der Waals surface area contributed by atoms with Crippen molar-refractivity contribution in [2.24, 2.45) is 5.92 Å². The van der Waals surface area contributed by atoms with Crippen LogP contribution in [0, 0.1) is 5.92 Å². The van der Waals surface area contributed by atoms with Crippen molar-refractivity contribution in [3.63, 3.8) is 0 Å². The van der Waals surface area contributed by atoms with Crippen LogP contribution in [0.4, 0.5) is 0 Å². The normalized spacial score (nSPS) is 13.2. The first-order valence-electron chi connectivity index (χ1n) is 5.30. The van der Waals surface area contributed by atoms with Crippen LogP contribution >= 0.6 is 0 Å². The van der Waals surface area contributed by atoms with Gasteiger partial charge in [-0.25, -0.2) is 0 Å². The Bertz CT molecular complexity index is 250. The molecule has 0 aliphatic heterocycles. The molecule has 0 aromatic carbocycles. The molecule has 0 aromatic rings. The molecule has 0 aromatic heterocycles. The van der Waals surface area contributed by atoms with Gasteiger partial charge in [-0.15, -0.1) is 0 Å². The molecule has 94 valence electrons. The van der Waals surface area contributed by atoms with Gasteiger partial charge in [-0.05, 0) is 19.8 Å². The fourth-order valence-electron chi connectivity index (χ4n) is 1.14. The molecule has 1 amide bonds. The number of aliphatic carboxylic acids is 1. The number of carbonyl (C=O) groups is 2. The van der Waals surface area contributed by atoms with Crippen LogP contribution in [0.25, 0.3) is 0 Å². The van der Waals surface area contributed by atoms with Crippen LogP contribution in [0.15, 0.2) is 0 Å². The van der Waals surface area contributed by atoms with Gasteiger partial charge in [-0.1, -0.05) is 6.92 Å². The van der Waals surface area contributed by atoms with Crippen LogP contribution in [0.3, 0.4) is 0 Å². The molecule has 0 saturated carbocycles. The zero-order chi connectivity index (χ0) is 12.8. The third kappa shape index (κ3) is 7.23. The summed E-state index contributed by atoms with van der Waals surface area (Å²) >= 11 is 0. The van der Waals surface area contributed by atoms with Crippen molar-refractivity contribution in [1.82, 2.24) is 5.32 Å². The third-order valence-electron chi connectivity index (χ3n) is 2.32. The molecular weight excluding hydrogens is 210 g/mol. The first-order chi connectivity index (χ1) is 7.26. The van der Waals surface area contributed by atoms with E-state index in [1.807, 2.05) is 13.8 Å². The summed E-state index contributed by atoms with van der Waals surface area (Å²) in [6.07, 6.45) is 0.243. The largest absolute Gasteiger partial charge is 0.481 e. The summed E-state index contributed by atoms with van der Waals surface area (Å²) in [6, 6.07) is 0. The first kappa shape index (κ1) is 14.9. The number of carboxylic acids is 1. The lowest BCUT2D eigenvalue weighted by molar-refractivity contribution is -0.138. The Morgan fingerprint density at radius 3 is 2.38 bits per heavy atom.